The highest BCUT2D eigenvalue weighted by atomic mass is 16.1. The Balaban J connectivity index is 1.75. The molecule has 1 aliphatic carbocycles. The van der Waals surface area contributed by atoms with Gasteiger partial charge in [0.05, 0.1) is 23.9 Å². The summed E-state index contributed by atoms with van der Waals surface area (Å²) >= 11 is 0. The maximum atomic E-state index is 12.4. The van der Waals surface area contributed by atoms with Crippen LogP contribution in [0.3, 0.4) is 0 Å². The van der Waals surface area contributed by atoms with Crippen LogP contribution in [-0.4, -0.2) is 15.3 Å². The summed E-state index contributed by atoms with van der Waals surface area (Å²) in [5.41, 5.74) is 2.03. The first-order valence-electron chi connectivity index (χ1n) is 7.27. The van der Waals surface area contributed by atoms with Gasteiger partial charge < -0.3 is 4.57 Å². The van der Waals surface area contributed by atoms with Crippen LogP contribution in [0.2, 0.25) is 0 Å². The van der Waals surface area contributed by atoms with E-state index in [1.165, 1.54) is 25.7 Å². The van der Waals surface area contributed by atoms with Crippen molar-refractivity contribution in [3.8, 4) is 0 Å². The van der Waals surface area contributed by atoms with E-state index in [0.717, 1.165) is 23.9 Å². The normalized spacial score (nSPS) is 17.5. The molecule has 2 aromatic rings. The van der Waals surface area contributed by atoms with Gasteiger partial charge in [-0.15, -0.1) is 0 Å². The van der Waals surface area contributed by atoms with E-state index in [0.29, 0.717) is 12.3 Å². The molecule has 0 spiro atoms. The Morgan fingerprint density at radius 1 is 1.16 bits per heavy atom. The zero-order valence-corrected chi connectivity index (χ0v) is 11.2. The zero-order valence-electron chi connectivity index (χ0n) is 11.2. The fraction of sp³-hybridized carbons (Fsp3) is 0.500. The number of Topliss-reactive ketones (excluding diaryl/α,β-unsaturated/α-hetero) is 1. The molecule has 1 aliphatic rings. The molecule has 1 aromatic heterocycles. The number of hydrogen-bond acceptors (Lipinski definition) is 2. The fourth-order valence-electron chi connectivity index (χ4n) is 3.03. The van der Waals surface area contributed by atoms with E-state index < -0.39 is 0 Å². The van der Waals surface area contributed by atoms with Crippen LogP contribution in [0.4, 0.5) is 0 Å². The van der Waals surface area contributed by atoms with E-state index >= 15 is 0 Å². The lowest BCUT2D eigenvalue weighted by atomic mass is 9.95. The molecular formula is C16H20N2O. The zero-order chi connectivity index (χ0) is 13.1. The summed E-state index contributed by atoms with van der Waals surface area (Å²) in [5, 5.41) is 0. The molecule has 1 saturated carbocycles. The summed E-state index contributed by atoms with van der Waals surface area (Å²) in [4.78, 5) is 16.8. The second kappa shape index (κ2) is 5.55. The van der Waals surface area contributed by atoms with Gasteiger partial charge in [0.15, 0.2) is 5.78 Å². The number of ketones is 1. The van der Waals surface area contributed by atoms with Gasteiger partial charge in [0, 0.05) is 5.92 Å². The van der Waals surface area contributed by atoms with Gasteiger partial charge in [0.2, 0.25) is 0 Å². The molecule has 0 aliphatic heterocycles. The summed E-state index contributed by atoms with van der Waals surface area (Å²) in [7, 11) is 0. The van der Waals surface area contributed by atoms with E-state index in [1.54, 1.807) is 6.33 Å². The molecule has 0 N–H and O–H groups in total. The van der Waals surface area contributed by atoms with Crippen molar-refractivity contribution in [2.75, 3.05) is 0 Å². The van der Waals surface area contributed by atoms with Gasteiger partial charge in [-0.1, -0.05) is 37.8 Å². The van der Waals surface area contributed by atoms with E-state index in [9.17, 15) is 4.79 Å². The molecule has 3 rings (SSSR count). The van der Waals surface area contributed by atoms with Crippen LogP contribution in [0.5, 0.6) is 0 Å². The fourth-order valence-corrected chi connectivity index (χ4v) is 3.03. The molecule has 100 valence electrons. The summed E-state index contributed by atoms with van der Waals surface area (Å²) in [6.45, 7) is 0.477. The number of hydrogen-bond donors (Lipinski definition) is 0. The SMILES string of the molecule is O=C(Cn1cnc2ccccc21)C1CCCCCC1. The van der Waals surface area contributed by atoms with Crippen molar-refractivity contribution in [2.24, 2.45) is 5.92 Å². The first-order valence-corrected chi connectivity index (χ1v) is 7.27. The average Bonchev–Trinajstić information content (AvgIpc) is 2.66. The monoisotopic (exact) mass is 256 g/mol. The van der Waals surface area contributed by atoms with Crippen LogP contribution in [0.25, 0.3) is 11.0 Å². The lowest BCUT2D eigenvalue weighted by Crippen LogP contribution is -2.19. The Hall–Kier alpha value is -1.64. The number of rotatable bonds is 3. The third-order valence-corrected chi connectivity index (χ3v) is 4.16. The average molecular weight is 256 g/mol. The standard InChI is InChI=1S/C16H20N2O/c19-16(13-7-3-1-2-4-8-13)11-18-12-17-14-9-5-6-10-15(14)18/h5-6,9-10,12-13H,1-4,7-8,11H2. The van der Waals surface area contributed by atoms with Crippen LogP contribution in [0, 0.1) is 5.92 Å². The maximum Gasteiger partial charge on any atom is 0.155 e. The van der Waals surface area contributed by atoms with E-state index in [-0.39, 0.29) is 5.92 Å². The van der Waals surface area contributed by atoms with Crippen LogP contribution in [0.15, 0.2) is 30.6 Å². The van der Waals surface area contributed by atoms with Crippen LogP contribution in [0.1, 0.15) is 38.5 Å². The summed E-state index contributed by atoms with van der Waals surface area (Å²) in [6, 6.07) is 7.99. The van der Waals surface area contributed by atoms with Gasteiger partial charge in [0.25, 0.3) is 0 Å². The van der Waals surface area contributed by atoms with Crippen molar-refractivity contribution in [3.63, 3.8) is 0 Å². The van der Waals surface area contributed by atoms with Crippen LogP contribution in [-0.2, 0) is 11.3 Å². The number of carbonyl (C=O) groups excluding carboxylic acids is 1. The van der Waals surface area contributed by atoms with Crippen LogP contribution >= 0.6 is 0 Å². The lowest BCUT2D eigenvalue weighted by Gasteiger charge is -2.13. The molecule has 1 fully saturated rings. The van der Waals surface area contributed by atoms with Crippen molar-refractivity contribution in [1.29, 1.82) is 0 Å². The Morgan fingerprint density at radius 3 is 2.68 bits per heavy atom. The lowest BCUT2D eigenvalue weighted by molar-refractivity contribution is -0.123. The molecule has 3 nitrogen and oxygen atoms in total. The van der Waals surface area contributed by atoms with Gasteiger partial charge in [-0.2, -0.15) is 0 Å². The highest BCUT2D eigenvalue weighted by molar-refractivity contribution is 5.83. The number of aromatic nitrogens is 2. The second-order valence-corrected chi connectivity index (χ2v) is 5.52. The Labute approximate surface area is 113 Å². The Bertz CT molecular complexity index is 565. The van der Waals surface area contributed by atoms with Crippen molar-refractivity contribution in [2.45, 2.75) is 45.1 Å². The maximum absolute atomic E-state index is 12.4. The van der Waals surface area contributed by atoms with Crippen LogP contribution < -0.4 is 0 Å². The number of para-hydroxylation sites is 2. The third kappa shape index (κ3) is 2.70. The second-order valence-electron chi connectivity index (χ2n) is 5.52. The number of nitrogens with zero attached hydrogens (tertiary/aromatic N) is 2. The largest absolute Gasteiger partial charge is 0.323 e. The molecule has 0 amide bonds. The molecule has 0 radical (unpaired) electrons. The van der Waals surface area contributed by atoms with Crippen molar-refractivity contribution in [1.82, 2.24) is 9.55 Å². The molecule has 19 heavy (non-hydrogen) atoms. The van der Waals surface area contributed by atoms with Crippen molar-refractivity contribution < 1.29 is 4.79 Å². The van der Waals surface area contributed by atoms with Gasteiger partial charge in [-0.25, -0.2) is 4.98 Å². The van der Waals surface area contributed by atoms with Gasteiger partial charge in [-0.3, -0.25) is 4.79 Å². The molecule has 3 heteroatoms. The van der Waals surface area contributed by atoms with Crippen molar-refractivity contribution >= 4 is 16.8 Å². The molecule has 0 saturated heterocycles. The smallest absolute Gasteiger partial charge is 0.155 e. The highest BCUT2D eigenvalue weighted by Gasteiger charge is 2.20. The third-order valence-electron chi connectivity index (χ3n) is 4.16. The highest BCUT2D eigenvalue weighted by Crippen LogP contribution is 2.24. The number of benzene rings is 1. The first-order chi connectivity index (χ1) is 9.34. The predicted molar refractivity (Wildman–Crippen MR) is 75.9 cm³/mol. The molecule has 0 unspecified atom stereocenters. The van der Waals surface area contributed by atoms with E-state index in [4.69, 9.17) is 0 Å². The minimum Gasteiger partial charge on any atom is -0.323 e. The molecule has 1 heterocycles. The Kier molecular flexibility index (Phi) is 3.62. The van der Waals surface area contributed by atoms with E-state index in [1.807, 2.05) is 28.8 Å². The number of carbonyl (C=O) groups is 1. The molecule has 0 atom stereocenters. The molecule has 1 aromatic carbocycles. The van der Waals surface area contributed by atoms with Gasteiger partial charge >= 0.3 is 0 Å². The summed E-state index contributed by atoms with van der Waals surface area (Å²) in [5.74, 6) is 0.647. The quantitative estimate of drug-likeness (QED) is 0.787. The topological polar surface area (TPSA) is 34.9 Å². The summed E-state index contributed by atoms with van der Waals surface area (Å²) < 4.78 is 1.99. The van der Waals surface area contributed by atoms with Gasteiger partial charge in [0.1, 0.15) is 0 Å². The number of fused-ring (bicyclic) bond motifs is 1. The van der Waals surface area contributed by atoms with Crippen molar-refractivity contribution in [3.05, 3.63) is 30.6 Å². The minimum absolute atomic E-state index is 0.267. The predicted octanol–water partition coefficient (Wildman–Crippen LogP) is 3.58. The van der Waals surface area contributed by atoms with Gasteiger partial charge in [-0.05, 0) is 25.0 Å². The first kappa shape index (κ1) is 12.4. The minimum atomic E-state index is 0.267. The van der Waals surface area contributed by atoms with E-state index in [2.05, 4.69) is 4.98 Å². The Morgan fingerprint density at radius 2 is 1.89 bits per heavy atom. The molecular weight excluding hydrogens is 236 g/mol. The summed E-state index contributed by atoms with van der Waals surface area (Å²) in [6.07, 6.45) is 8.94. The molecule has 0 bridgehead atoms. The number of imidazole rings is 1.